The summed E-state index contributed by atoms with van der Waals surface area (Å²) >= 11 is 0. The van der Waals surface area contributed by atoms with Crippen molar-refractivity contribution in [3.8, 4) is 0 Å². The molecule has 1 nitrogen and oxygen atoms in total. The molecule has 1 N–H and O–H groups in total. The third-order valence-corrected chi connectivity index (χ3v) is 4.40. The summed E-state index contributed by atoms with van der Waals surface area (Å²) in [4.78, 5) is 0. The normalized spacial score (nSPS) is 27.0. The minimum absolute atomic E-state index is 0.519. The highest BCUT2D eigenvalue weighted by Gasteiger charge is 2.35. The first-order chi connectivity index (χ1) is 7.48. The van der Waals surface area contributed by atoms with E-state index in [1.165, 1.54) is 38.6 Å². The van der Waals surface area contributed by atoms with Gasteiger partial charge in [-0.2, -0.15) is 0 Å². The molecule has 96 valence electrons. The molecule has 0 bridgehead atoms. The van der Waals surface area contributed by atoms with Gasteiger partial charge in [-0.3, -0.25) is 0 Å². The smallest absolute Gasteiger partial charge is 0.0121 e. The lowest BCUT2D eigenvalue weighted by atomic mass is 9.71. The van der Waals surface area contributed by atoms with Gasteiger partial charge < -0.3 is 5.32 Å². The Bertz CT molecular complexity index is 194. The molecule has 3 atom stereocenters. The third-order valence-electron chi connectivity index (χ3n) is 4.40. The summed E-state index contributed by atoms with van der Waals surface area (Å²) in [7, 11) is 0. The van der Waals surface area contributed by atoms with E-state index >= 15 is 0 Å². The summed E-state index contributed by atoms with van der Waals surface area (Å²) < 4.78 is 0. The number of rotatable bonds is 6. The first kappa shape index (κ1) is 14.0. The Morgan fingerprint density at radius 2 is 2.00 bits per heavy atom. The minimum Gasteiger partial charge on any atom is -0.313 e. The topological polar surface area (TPSA) is 12.0 Å². The maximum atomic E-state index is 3.71. The van der Waals surface area contributed by atoms with E-state index in [1.807, 2.05) is 0 Å². The van der Waals surface area contributed by atoms with Crippen molar-refractivity contribution in [3.05, 3.63) is 0 Å². The van der Waals surface area contributed by atoms with Gasteiger partial charge in [-0.05, 0) is 55.9 Å². The van der Waals surface area contributed by atoms with E-state index in [-0.39, 0.29) is 0 Å². The van der Waals surface area contributed by atoms with Crippen LogP contribution in [-0.4, -0.2) is 12.6 Å². The lowest BCUT2D eigenvalue weighted by Crippen LogP contribution is -2.40. The predicted octanol–water partition coefficient (Wildman–Crippen LogP) is 4.23. The molecule has 0 aromatic carbocycles. The molecule has 0 radical (unpaired) electrons. The van der Waals surface area contributed by atoms with Crippen LogP contribution in [0.1, 0.15) is 66.7 Å². The van der Waals surface area contributed by atoms with Gasteiger partial charge in [-0.25, -0.2) is 0 Å². The fourth-order valence-electron chi connectivity index (χ4n) is 3.50. The molecule has 1 saturated heterocycles. The second kappa shape index (κ2) is 6.05. The first-order valence-corrected chi connectivity index (χ1v) is 7.21. The van der Waals surface area contributed by atoms with E-state index in [4.69, 9.17) is 0 Å². The van der Waals surface area contributed by atoms with Gasteiger partial charge in [0.2, 0.25) is 0 Å². The summed E-state index contributed by atoms with van der Waals surface area (Å²) in [6.07, 6.45) is 6.84. The summed E-state index contributed by atoms with van der Waals surface area (Å²) in [6, 6.07) is 0.770. The fraction of sp³-hybridized carbons (Fsp3) is 1.00. The van der Waals surface area contributed by atoms with Crippen LogP contribution in [0.3, 0.4) is 0 Å². The Morgan fingerprint density at radius 1 is 1.31 bits per heavy atom. The van der Waals surface area contributed by atoms with Crippen molar-refractivity contribution in [3.63, 3.8) is 0 Å². The Hall–Kier alpha value is -0.0400. The van der Waals surface area contributed by atoms with Crippen molar-refractivity contribution in [1.29, 1.82) is 0 Å². The van der Waals surface area contributed by atoms with Crippen LogP contribution in [0.15, 0.2) is 0 Å². The van der Waals surface area contributed by atoms with Crippen LogP contribution in [0.4, 0.5) is 0 Å². The van der Waals surface area contributed by atoms with Crippen molar-refractivity contribution in [2.75, 3.05) is 6.54 Å². The highest BCUT2D eigenvalue weighted by Crippen LogP contribution is 2.38. The average molecular weight is 225 g/mol. The highest BCUT2D eigenvalue weighted by molar-refractivity contribution is 4.91. The Balaban J connectivity index is 2.51. The number of hydrogen-bond acceptors (Lipinski definition) is 1. The van der Waals surface area contributed by atoms with Gasteiger partial charge in [-0.15, -0.1) is 0 Å². The van der Waals surface area contributed by atoms with Gasteiger partial charge >= 0.3 is 0 Å². The second-order valence-electron chi connectivity index (χ2n) is 6.60. The van der Waals surface area contributed by atoms with Crippen molar-refractivity contribution in [1.82, 2.24) is 5.32 Å². The van der Waals surface area contributed by atoms with E-state index in [0.29, 0.717) is 5.41 Å². The first-order valence-electron chi connectivity index (χ1n) is 7.21. The quantitative estimate of drug-likeness (QED) is 0.713. The van der Waals surface area contributed by atoms with Gasteiger partial charge in [0.1, 0.15) is 0 Å². The average Bonchev–Trinajstić information content (AvgIpc) is 2.69. The largest absolute Gasteiger partial charge is 0.313 e. The molecule has 3 unspecified atom stereocenters. The molecule has 1 rings (SSSR count). The van der Waals surface area contributed by atoms with Gasteiger partial charge in [0.25, 0.3) is 0 Å². The SMILES string of the molecule is CCC(C)(CC(C)CC(C)C)C1CCCN1. The van der Waals surface area contributed by atoms with Crippen LogP contribution < -0.4 is 5.32 Å². The summed E-state index contributed by atoms with van der Waals surface area (Å²) in [5, 5.41) is 3.71. The van der Waals surface area contributed by atoms with Gasteiger partial charge in [-0.1, -0.05) is 34.6 Å². The van der Waals surface area contributed by atoms with Gasteiger partial charge in [0.05, 0.1) is 0 Å². The molecule has 1 aliphatic heterocycles. The van der Waals surface area contributed by atoms with Crippen molar-refractivity contribution < 1.29 is 0 Å². The molecule has 1 heteroatoms. The molecular weight excluding hydrogens is 194 g/mol. The molecular formula is C15H31N. The van der Waals surface area contributed by atoms with Crippen LogP contribution >= 0.6 is 0 Å². The Labute approximate surface area is 102 Å². The maximum absolute atomic E-state index is 3.71. The van der Waals surface area contributed by atoms with Gasteiger partial charge in [0, 0.05) is 6.04 Å². The fourth-order valence-corrected chi connectivity index (χ4v) is 3.50. The Morgan fingerprint density at radius 3 is 2.44 bits per heavy atom. The predicted molar refractivity (Wildman–Crippen MR) is 72.7 cm³/mol. The van der Waals surface area contributed by atoms with Crippen molar-refractivity contribution in [2.24, 2.45) is 17.3 Å². The molecule has 0 aromatic rings. The lowest BCUT2D eigenvalue weighted by Gasteiger charge is -2.37. The minimum atomic E-state index is 0.519. The summed E-state index contributed by atoms with van der Waals surface area (Å²) in [5.41, 5.74) is 0.519. The van der Waals surface area contributed by atoms with E-state index in [1.54, 1.807) is 0 Å². The number of nitrogens with one attached hydrogen (secondary N) is 1. The van der Waals surface area contributed by atoms with Gasteiger partial charge in [0.15, 0.2) is 0 Å². The van der Waals surface area contributed by atoms with Crippen LogP contribution in [0.5, 0.6) is 0 Å². The van der Waals surface area contributed by atoms with Crippen LogP contribution in [0.2, 0.25) is 0 Å². The highest BCUT2D eigenvalue weighted by atomic mass is 15.0. The standard InChI is InChI=1S/C15H31N/c1-6-15(5,14-8-7-9-16-14)11-13(4)10-12(2)3/h12-14,16H,6-11H2,1-5H3. The van der Waals surface area contributed by atoms with E-state index < -0.39 is 0 Å². The molecule has 0 aromatic heterocycles. The zero-order valence-electron chi connectivity index (χ0n) is 12.0. The van der Waals surface area contributed by atoms with E-state index in [0.717, 1.165) is 17.9 Å². The second-order valence-corrected chi connectivity index (χ2v) is 6.60. The zero-order chi connectivity index (χ0) is 12.2. The van der Waals surface area contributed by atoms with E-state index in [9.17, 15) is 0 Å². The number of hydrogen-bond donors (Lipinski definition) is 1. The van der Waals surface area contributed by atoms with Crippen LogP contribution in [0.25, 0.3) is 0 Å². The maximum Gasteiger partial charge on any atom is 0.0121 e. The van der Waals surface area contributed by atoms with Crippen LogP contribution in [0, 0.1) is 17.3 Å². The molecule has 0 spiro atoms. The molecule has 1 heterocycles. The van der Waals surface area contributed by atoms with Crippen molar-refractivity contribution >= 4 is 0 Å². The molecule has 0 amide bonds. The summed E-state index contributed by atoms with van der Waals surface area (Å²) in [6.45, 7) is 13.2. The molecule has 1 fully saturated rings. The third kappa shape index (κ3) is 3.76. The van der Waals surface area contributed by atoms with Crippen molar-refractivity contribution in [2.45, 2.75) is 72.8 Å². The molecule has 0 aliphatic carbocycles. The molecule has 1 aliphatic rings. The molecule has 16 heavy (non-hydrogen) atoms. The van der Waals surface area contributed by atoms with E-state index in [2.05, 4.69) is 39.9 Å². The Kier molecular flexibility index (Phi) is 5.30. The summed E-state index contributed by atoms with van der Waals surface area (Å²) in [5.74, 6) is 1.71. The zero-order valence-corrected chi connectivity index (χ0v) is 12.0. The lowest BCUT2D eigenvalue weighted by molar-refractivity contribution is 0.164. The van der Waals surface area contributed by atoms with Crippen LogP contribution in [-0.2, 0) is 0 Å². The molecule has 0 saturated carbocycles. The monoisotopic (exact) mass is 225 g/mol.